The van der Waals surface area contributed by atoms with E-state index in [-0.39, 0.29) is 29.2 Å². The van der Waals surface area contributed by atoms with Crippen LogP contribution in [-0.4, -0.2) is 42.3 Å². The number of rotatable bonds is 1. The number of anilines is 1. The van der Waals surface area contributed by atoms with Crippen molar-refractivity contribution in [1.82, 2.24) is 4.90 Å². The van der Waals surface area contributed by atoms with E-state index < -0.39 is 0 Å². The average Bonchev–Trinajstić information content (AvgIpc) is 3.15. The Kier molecular flexibility index (Phi) is 3.09. The maximum atomic E-state index is 12.6. The predicted molar refractivity (Wildman–Crippen MR) is 96.5 cm³/mol. The molecule has 4 nitrogen and oxygen atoms in total. The Labute approximate surface area is 148 Å². The number of carbonyl (C=O) groups is 2. The molecule has 0 aromatic heterocycles. The third-order valence-corrected chi connectivity index (χ3v) is 7.35. The molecule has 130 valence electrons. The van der Waals surface area contributed by atoms with Gasteiger partial charge in [-0.25, -0.2) is 0 Å². The molecular weight excluding hydrogens is 312 g/mol. The van der Waals surface area contributed by atoms with Crippen molar-refractivity contribution in [3.8, 4) is 0 Å². The maximum Gasteiger partial charge on any atom is 0.224 e. The molecule has 3 heterocycles. The Balaban J connectivity index is 1.78. The van der Waals surface area contributed by atoms with Crippen LogP contribution in [-0.2, 0) is 15.0 Å². The number of hydrogen-bond acceptors (Lipinski definition) is 3. The third kappa shape index (κ3) is 1.66. The van der Waals surface area contributed by atoms with Crippen LogP contribution < -0.4 is 4.90 Å². The van der Waals surface area contributed by atoms with Gasteiger partial charge in [-0.1, -0.05) is 29.8 Å². The van der Waals surface area contributed by atoms with Gasteiger partial charge in [-0.15, -0.1) is 0 Å². The number of amides is 1. The summed E-state index contributed by atoms with van der Waals surface area (Å²) in [5.74, 6) is 0.219. The van der Waals surface area contributed by atoms with Crippen LogP contribution in [0, 0.1) is 11.8 Å². The molecule has 1 saturated carbocycles. The second kappa shape index (κ2) is 5.04. The standard InChI is InChI=1S/C21H24N2O2/c1-3-14-11-22-9-8-21-17-6-4-5-7-18(17)23(13(2)25)20(21)16(12-24)15(14)10-19(21)22/h3-7,12,15-16,19-20H,8-11H2,1-2H3/t15-,16-,19-,20-,21+/m0/s1. The summed E-state index contributed by atoms with van der Waals surface area (Å²) >= 11 is 0. The van der Waals surface area contributed by atoms with E-state index >= 15 is 0 Å². The van der Waals surface area contributed by atoms with Gasteiger partial charge in [0.05, 0.1) is 6.04 Å². The number of nitrogens with zero attached hydrogens (tertiary/aromatic N) is 2. The number of hydrogen-bond donors (Lipinski definition) is 0. The minimum atomic E-state index is -0.112. The van der Waals surface area contributed by atoms with Crippen molar-refractivity contribution in [2.75, 3.05) is 18.0 Å². The van der Waals surface area contributed by atoms with Crippen LogP contribution >= 0.6 is 0 Å². The van der Waals surface area contributed by atoms with Crippen LogP contribution in [0.2, 0.25) is 0 Å². The molecule has 5 atom stereocenters. The molecular formula is C21H24N2O2. The molecule has 1 aromatic rings. The monoisotopic (exact) mass is 336 g/mol. The first kappa shape index (κ1) is 15.3. The van der Waals surface area contributed by atoms with Crippen molar-refractivity contribution in [3.63, 3.8) is 0 Å². The van der Waals surface area contributed by atoms with Gasteiger partial charge in [-0.3, -0.25) is 9.69 Å². The van der Waals surface area contributed by atoms with E-state index in [0.29, 0.717) is 6.04 Å². The third-order valence-electron chi connectivity index (χ3n) is 7.35. The molecule has 0 radical (unpaired) electrons. The molecule has 1 aliphatic carbocycles. The summed E-state index contributed by atoms with van der Waals surface area (Å²) in [7, 11) is 0. The SMILES string of the molecule is CC=C1CN2CC[C@]34c5ccccc5N(C(C)=O)[C@H]3[C@@H](C=O)[C@H]1C[C@H]24. The van der Waals surface area contributed by atoms with E-state index in [2.05, 4.69) is 36.1 Å². The molecule has 1 amide bonds. The summed E-state index contributed by atoms with van der Waals surface area (Å²) in [5.41, 5.74) is 3.62. The van der Waals surface area contributed by atoms with E-state index in [9.17, 15) is 9.59 Å². The maximum absolute atomic E-state index is 12.6. The summed E-state index contributed by atoms with van der Waals surface area (Å²) in [4.78, 5) is 29.5. The van der Waals surface area contributed by atoms with Crippen molar-refractivity contribution < 1.29 is 9.59 Å². The van der Waals surface area contributed by atoms with Crippen molar-refractivity contribution in [1.29, 1.82) is 0 Å². The normalized spacial score (nSPS) is 40.1. The van der Waals surface area contributed by atoms with Crippen LogP contribution in [0.15, 0.2) is 35.9 Å². The van der Waals surface area contributed by atoms with E-state index in [1.165, 1.54) is 11.1 Å². The van der Waals surface area contributed by atoms with Crippen molar-refractivity contribution in [3.05, 3.63) is 41.5 Å². The molecule has 1 aromatic carbocycles. The smallest absolute Gasteiger partial charge is 0.224 e. The zero-order valence-electron chi connectivity index (χ0n) is 14.8. The van der Waals surface area contributed by atoms with Gasteiger partial charge in [-0.05, 0) is 43.9 Å². The lowest BCUT2D eigenvalue weighted by molar-refractivity contribution is -0.120. The van der Waals surface area contributed by atoms with E-state index in [1.54, 1.807) is 6.92 Å². The van der Waals surface area contributed by atoms with Crippen molar-refractivity contribution >= 4 is 17.9 Å². The highest BCUT2D eigenvalue weighted by atomic mass is 16.2. The van der Waals surface area contributed by atoms with Gasteiger partial charge in [0.25, 0.3) is 0 Å². The molecule has 25 heavy (non-hydrogen) atoms. The first-order chi connectivity index (χ1) is 12.1. The van der Waals surface area contributed by atoms with E-state index in [1.807, 2.05) is 11.0 Å². The van der Waals surface area contributed by atoms with Gasteiger partial charge in [0.15, 0.2) is 0 Å². The Bertz CT molecular complexity index is 801. The van der Waals surface area contributed by atoms with Gasteiger partial charge in [0.1, 0.15) is 6.29 Å². The molecule has 4 aliphatic rings. The summed E-state index contributed by atoms with van der Waals surface area (Å²) in [6.45, 7) is 5.76. The molecule has 3 aliphatic heterocycles. The number of aldehydes is 1. The van der Waals surface area contributed by atoms with Crippen LogP contribution in [0.1, 0.15) is 32.3 Å². The highest BCUT2D eigenvalue weighted by Crippen LogP contribution is 2.62. The Hall–Kier alpha value is -1.94. The Morgan fingerprint density at radius 1 is 1.32 bits per heavy atom. The zero-order chi connectivity index (χ0) is 17.3. The average molecular weight is 336 g/mol. The Morgan fingerprint density at radius 2 is 2.12 bits per heavy atom. The minimum absolute atomic E-state index is 0.0381. The number of fused-ring (bicyclic) bond motifs is 2. The number of carbonyl (C=O) groups excluding carboxylic acids is 2. The van der Waals surface area contributed by atoms with Gasteiger partial charge < -0.3 is 9.69 Å². The fourth-order valence-corrected chi connectivity index (χ4v) is 6.53. The van der Waals surface area contributed by atoms with Gasteiger partial charge >= 0.3 is 0 Å². The lowest BCUT2D eigenvalue weighted by atomic mass is 9.56. The molecule has 0 N–H and O–H groups in total. The molecule has 2 bridgehead atoms. The molecule has 4 heteroatoms. The van der Waals surface area contributed by atoms with E-state index in [4.69, 9.17) is 0 Å². The van der Waals surface area contributed by atoms with Gasteiger partial charge in [0.2, 0.25) is 5.91 Å². The molecule has 0 unspecified atom stereocenters. The van der Waals surface area contributed by atoms with Crippen LogP contribution in [0.25, 0.3) is 0 Å². The summed E-state index contributed by atoms with van der Waals surface area (Å²) < 4.78 is 0. The molecule has 2 saturated heterocycles. The second-order valence-corrected chi connectivity index (χ2v) is 8.05. The van der Waals surface area contributed by atoms with Crippen molar-refractivity contribution in [2.24, 2.45) is 11.8 Å². The minimum Gasteiger partial charge on any atom is -0.308 e. The second-order valence-electron chi connectivity index (χ2n) is 8.05. The van der Waals surface area contributed by atoms with Crippen molar-refractivity contribution in [2.45, 2.75) is 44.2 Å². The predicted octanol–water partition coefficient (Wildman–Crippen LogP) is 2.53. The van der Waals surface area contributed by atoms with Gasteiger partial charge in [0, 0.05) is 36.5 Å². The lowest BCUT2D eigenvalue weighted by Gasteiger charge is -2.55. The quantitative estimate of drug-likeness (QED) is 0.584. The van der Waals surface area contributed by atoms with Crippen LogP contribution in [0.3, 0.4) is 0 Å². The number of benzene rings is 1. The first-order valence-corrected chi connectivity index (χ1v) is 9.37. The molecule has 1 spiro atoms. The number of piperidine rings is 1. The zero-order valence-corrected chi connectivity index (χ0v) is 14.8. The highest BCUT2D eigenvalue weighted by molar-refractivity contribution is 5.97. The Morgan fingerprint density at radius 3 is 2.84 bits per heavy atom. The fourth-order valence-electron chi connectivity index (χ4n) is 6.53. The topological polar surface area (TPSA) is 40.6 Å². The molecule has 5 rings (SSSR count). The largest absolute Gasteiger partial charge is 0.308 e. The lowest BCUT2D eigenvalue weighted by Crippen LogP contribution is -2.65. The summed E-state index contributed by atoms with van der Waals surface area (Å²) in [6.07, 6.45) is 5.42. The number of allylic oxidation sites excluding steroid dienone is 1. The fraction of sp³-hybridized carbons (Fsp3) is 0.524. The first-order valence-electron chi connectivity index (χ1n) is 9.37. The summed E-state index contributed by atoms with van der Waals surface area (Å²) in [5, 5.41) is 0. The molecule has 3 fully saturated rings. The summed E-state index contributed by atoms with van der Waals surface area (Å²) in [6, 6.07) is 8.75. The van der Waals surface area contributed by atoms with E-state index in [0.717, 1.165) is 37.9 Å². The number of para-hydroxylation sites is 1. The van der Waals surface area contributed by atoms with Gasteiger partial charge in [-0.2, -0.15) is 0 Å². The van der Waals surface area contributed by atoms with Crippen LogP contribution in [0.4, 0.5) is 5.69 Å². The highest BCUT2D eigenvalue weighted by Gasteiger charge is 2.67. The van der Waals surface area contributed by atoms with Crippen LogP contribution in [0.5, 0.6) is 0 Å².